The minimum Gasteiger partial charge on any atom is -0.479 e. The zero-order valence-corrected chi connectivity index (χ0v) is 13.8. The minimum atomic E-state index is -2.70. The molecule has 0 aromatic heterocycles. The third-order valence-electron chi connectivity index (χ3n) is 4.86. The predicted molar refractivity (Wildman–Crippen MR) is 83.0 cm³/mol. The molecule has 1 aliphatic carbocycles. The fourth-order valence-electron chi connectivity index (χ4n) is 3.12. The van der Waals surface area contributed by atoms with Crippen molar-refractivity contribution < 1.29 is 28.2 Å². The quantitative estimate of drug-likeness (QED) is 0.834. The Labute approximate surface area is 139 Å². The molecule has 0 radical (unpaired) electrons. The Morgan fingerprint density at radius 2 is 2.08 bits per heavy atom. The number of halogens is 2. The van der Waals surface area contributed by atoms with Gasteiger partial charge in [-0.1, -0.05) is 26.0 Å². The van der Waals surface area contributed by atoms with Crippen LogP contribution in [0.2, 0.25) is 0 Å². The molecule has 1 aliphatic rings. The fraction of sp³-hybridized carbons (Fsp3) is 0.529. The van der Waals surface area contributed by atoms with Crippen molar-refractivity contribution in [3.05, 3.63) is 35.4 Å². The van der Waals surface area contributed by atoms with E-state index in [1.165, 1.54) is 18.2 Å². The van der Waals surface area contributed by atoms with Gasteiger partial charge in [-0.3, -0.25) is 4.79 Å². The van der Waals surface area contributed by atoms with Gasteiger partial charge in [0.05, 0.1) is 6.10 Å². The van der Waals surface area contributed by atoms with E-state index in [4.69, 9.17) is 4.74 Å². The summed E-state index contributed by atoms with van der Waals surface area (Å²) in [4.78, 5) is 24.2. The fourth-order valence-corrected chi connectivity index (χ4v) is 3.12. The zero-order valence-electron chi connectivity index (χ0n) is 13.8. The van der Waals surface area contributed by atoms with Crippen LogP contribution in [-0.4, -0.2) is 35.2 Å². The summed E-state index contributed by atoms with van der Waals surface area (Å²) in [6.45, 7) is 5.67. The molecule has 2 unspecified atom stereocenters. The van der Waals surface area contributed by atoms with Gasteiger partial charge in [-0.05, 0) is 19.1 Å². The highest BCUT2D eigenvalue weighted by atomic mass is 19.3. The Kier molecular flexibility index (Phi) is 4.94. The van der Waals surface area contributed by atoms with E-state index in [-0.39, 0.29) is 23.7 Å². The second-order valence-corrected chi connectivity index (χ2v) is 6.46. The average molecular weight is 341 g/mol. The molecule has 0 saturated heterocycles. The van der Waals surface area contributed by atoms with E-state index in [9.17, 15) is 23.5 Å². The molecule has 0 heterocycles. The van der Waals surface area contributed by atoms with Crippen LogP contribution in [0.4, 0.5) is 8.78 Å². The Bertz CT molecular complexity index is 647. The van der Waals surface area contributed by atoms with Crippen molar-refractivity contribution in [3.63, 3.8) is 0 Å². The number of aliphatic carboxylic acids is 1. The van der Waals surface area contributed by atoms with E-state index in [1.807, 2.05) is 6.92 Å². The summed E-state index contributed by atoms with van der Waals surface area (Å²) in [7, 11) is 0. The van der Waals surface area contributed by atoms with Gasteiger partial charge < -0.3 is 15.2 Å². The topological polar surface area (TPSA) is 75.6 Å². The maximum Gasteiger partial charge on any atom is 0.330 e. The van der Waals surface area contributed by atoms with Crippen LogP contribution in [0.5, 0.6) is 0 Å². The molecule has 5 nitrogen and oxygen atoms in total. The van der Waals surface area contributed by atoms with Crippen molar-refractivity contribution >= 4 is 11.9 Å². The third-order valence-corrected chi connectivity index (χ3v) is 4.86. The second-order valence-electron chi connectivity index (χ2n) is 6.46. The summed E-state index contributed by atoms with van der Waals surface area (Å²) in [6.07, 6.45) is -2.87. The van der Waals surface area contributed by atoms with Crippen LogP contribution < -0.4 is 5.32 Å². The van der Waals surface area contributed by atoms with Crippen molar-refractivity contribution in [1.29, 1.82) is 0 Å². The molecule has 2 atom stereocenters. The Morgan fingerprint density at radius 1 is 1.42 bits per heavy atom. The van der Waals surface area contributed by atoms with Crippen molar-refractivity contribution in [2.45, 2.75) is 45.3 Å². The van der Waals surface area contributed by atoms with E-state index >= 15 is 0 Å². The number of carbonyl (C=O) groups is 2. The number of alkyl halides is 2. The van der Waals surface area contributed by atoms with Gasteiger partial charge in [0.25, 0.3) is 12.3 Å². The lowest BCUT2D eigenvalue weighted by molar-refractivity contribution is -0.190. The summed E-state index contributed by atoms with van der Waals surface area (Å²) < 4.78 is 31.1. The van der Waals surface area contributed by atoms with Crippen molar-refractivity contribution in [2.24, 2.45) is 5.41 Å². The number of ether oxygens (including phenoxy) is 1. The predicted octanol–water partition coefficient (Wildman–Crippen LogP) is 3.01. The molecule has 1 fully saturated rings. The molecule has 132 valence electrons. The van der Waals surface area contributed by atoms with E-state index in [0.717, 1.165) is 6.07 Å². The van der Waals surface area contributed by atoms with Gasteiger partial charge in [-0.2, -0.15) is 0 Å². The molecule has 2 N–H and O–H groups in total. The highest BCUT2D eigenvalue weighted by Crippen LogP contribution is 2.51. The van der Waals surface area contributed by atoms with Gasteiger partial charge >= 0.3 is 5.97 Å². The number of amides is 1. The first-order chi connectivity index (χ1) is 11.2. The van der Waals surface area contributed by atoms with Crippen molar-refractivity contribution in [2.75, 3.05) is 6.61 Å². The minimum absolute atomic E-state index is 0.00378. The Hall–Kier alpha value is -2.02. The summed E-state index contributed by atoms with van der Waals surface area (Å²) in [5, 5.41) is 12.2. The maximum atomic E-state index is 12.8. The first-order valence-corrected chi connectivity index (χ1v) is 7.71. The van der Waals surface area contributed by atoms with Crippen LogP contribution in [-0.2, 0) is 9.53 Å². The normalized spacial score (nSPS) is 25.2. The number of nitrogens with one attached hydrogen (secondary N) is 1. The Balaban J connectivity index is 2.25. The van der Waals surface area contributed by atoms with Crippen LogP contribution >= 0.6 is 0 Å². The van der Waals surface area contributed by atoms with E-state index in [2.05, 4.69) is 5.32 Å². The van der Waals surface area contributed by atoms with E-state index < -0.39 is 29.3 Å². The summed E-state index contributed by atoms with van der Waals surface area (Å²) >= 11 is 0. The number of rotatable bonds is 6. The van der Waals surface area contributed by atoms with Crippen LogP contribution in [0.1, 0.15) is 49.5 Å². The number of carbonyl (C=O) groups excluding carboxylic acids is 1. The van der Waals surface area contributed by atoms with Crippen molar-refractivity contribution in [3.8, 4) is 0 Å². The molecular weight excluding hydrogens is 320 g/mol. The molecular formula is C17H21F2NO4. The lowest BCUT2D eigenvalue weighted by Crippen LogP contribution is -2.76. The van der Waals surface area contributed by atoms with Gasteiger partial charge in [-0.25, -0.2) is 13.6 Å². The van der Waals surface area contributed by atoms with Crippen LogP contribution in [0.3, 0.4) is 0 Å². The lowest BCUT2D eigenvalue weighted by atomic mass is 9.54. The standard InChI is InChI=1S/C17H21F2NO4/c1-4-24-12-9-17(15(22)23,16(12,2)3)20-14(21)11-7-5-6-10(8-11)13(18)19/h5-8,12-13H,4,9H2,1-3H3,(H,20,21)(H,22,23). The van der Waals surface area contributed by atoms with Gasteiger partial charge in [0.2, 0.25) is 0 Å². The van der Waals surface area contributed by atoms with Crippen LogP contribution in [0.15, 0.2) is 24.3 Å². The van der Waals surface area contributed by atoms with Gasteiger partial charge in [-0.15, -0.1) is 0 Å². The third kappa shape index (κ3) is 2.88. The first-order valence-electron chi connectivity index (χ1n) is 7.71. The number of benzene rings is 1. The second kappa shape index (κ2) is 6.47. The SMILES string of the molecule is CCOC1CC(NC(=O)c2cccc(C(F)F)c2)(C(=O)O)C1(C)C. The number of hydrogen-bond acceptors (Lipinski definition) is 3. The molecule has 0 bridgehead atoms. The monoisotopic (exact) mass is 341 g/mol. The van der Waals surface area contributed by atoms with Gasteiger partial charge in [0.1, 0.15) is 5.54 Å². The number of carboxylic acids is 1. The highest BCUT2D eigenvalue weighted by Gasteiger charge is 2.66. The molecule has 1 aromatic rings. The smallest absolute Gasteiger partial charge is 0.330 e. The van der Waals surface area contributed by atoms with Crippen LogP contribution in [0.25, 0.3) is 0 Å². The molecule has 1 aromatic carbocycles. The van der Waals surface area contributed by atoms with E-state index in [1.54, 1.807) is 13.8 Å². The summed E-state index contributed by atoms with van der Waals surface area (Å²) in [5.41, 5.74) is -2.61. The van der Waals surface area contributed by atoms with Crippen molar-refractivity contribution in [1.82, 2.24) is 5.32 Å². The molecule has 24 heavy (non-hydrogen) atoms. The molecule has 0 aliphatic heterocycles. The summed E-state index contributed by atoms with van der Waals surface area (Å²) in [5.74, 6) is -1.86. The summed E-state index contributed by atoms with van der Waals surface area (Å²) in [6, 6.07) is 5.01. The highest BCUT2D eigenvalue weighted by molar-refractivity contribution is 5.99. The zero-order chi connectivity index (χ0) is 18.1. The van der Waals surface area contributed by atoms with Gasteiger partial charge in [0.15, 0.2) is 0 Å². The molecule has 0 spiro atoms. The first kappa shape index (κ1) is 18.3. The maximum absolute atomic E-state index is 12.8. The molecule has 1 amide bonds. The lowest BCUT2D eigenvalue weighted by Gasteiger charge is -2.58. The molecule has 7 heteroatoms. The molecule has 1 saturated carbocycles. The van der Waals surface area contributed by atoms with Gasteiger partial charge in [0, 0.05) is 29.6 Å². The number of carboxylic acid groups (broad SMARTS) is 1. The van der Waals surface area contributed by atoms with E-state index in [0.29, 0.717) is 6.61 Å². The number of hydrogen-bond donors (Lipinski definition) is 2. The Morgan fingerprint density at radius 3 is 2.58 bits per heavy atom. The van der Waals surface area contributed by atoms with Crippen LogP contribution in [0, 0.1) is 5.41 Å². The largest absolute Gasteiger partial charge is 0.479 e. The average Bonchev–Trinajstić information content (AvgIpc) is 2.53. The molecule has 2 rings (SSSR count).